The first-order chi connectivity index (χ1) is 16.5. The molecule has 3 heterocycles. The molecule has 1 aromatic carbocycles. The van der Waals surface area contributed by atoms with Crippen LogP contribution in [-0.4, -0.2) is 65.7 Å². The van der Waals surface area contributed by atoms with Gasteiger partial charge in [-0.15, -0.1) is 0 Å². The second kappa shape index (κ2) is 11.3. The summed E-state index contributed by atoms with van der Waals surface area (Å²) in [6, 6.07) is 8.81. The SMILES string of the molecule is Cc1cccc(NC(=NC2CCCCN(CC(=O)N3CCCC3)C2=O)NC(=O)c2ccsc2)c1. The molecule has 3 amide bonds. The summed E-state index contributed by atoms with van der Waals surface area (Å²) in [4.78, 5) is 46.9. The number of carbonyl (C=O) groups is 3. The number of rotatable bonds is 5. The molecule has 9 heteroatoms. The molecule has 2 saturated heterocycles. The zero-order valence-electron chi connectivity index (χ0n) is 19.5. The van der Waals surface area contributed by atoms with Crippen molar-refractivity contribution in [1.29, 1.82) is 0 Å². The van der Waals surface area contributed by atoms with Gasteiger partial charge >= 0.3 is 0 Å². The molecule has 2 aliphatic heterocycles. The maximum Gasteiger partial charge on any atom is 0.258 e. The van der Waals surface area contributed by atoms with Crippen molar-refractivity contribution in [2.75, 3.05) is 31.5 Å². The van der Waals surface area contributed by atoms with Gasteiger partial charge in [-0.1, -0.05) is 12.1 Å². The molecule has 2 aliphatic rings. The van der Waals surface area contributed by atoms with Gasteiger partial charge in [0.1, 0.15) is 6.04 Å². The van der Waals surface area contributed by atoms with Gasteiger partial charge < -0.3 is 15.1 Å². The highest BCUT2D eigenvalue weighted by atomic mass is 32.1. The lowest BCUT2D eigenvalue weighted by molar-refractivity contribution is -0.140. The van der Waals surface area contributed by atoms with E-state index in [1.807, 2.05) is 41.5 Å². The second-order valence-corrected chi connectivity index (χ2v) is 9.58. The van der Waals surface area contributed by atoms with E-state index < -0.39 is 6.04 Å². The number of thiophene rings is 1. The van der Waals surface area contributed by atoms with Crippen LogP contribution in [-0.2, 0) is 9.59 Å². The molecule has 8 nitrogen and oxygen atoms in total. The Morgan fingerprint density at radius 2 is 1.91 bits per heavy atom. The average molecular weight is 482 g/mol. The number of amides is 3. The fourth-order valence-electron chi connectivity index (χ4n) is 4.28. The third-order valence-corrected chi connectivity index (χ3v) is 6.80. The maximum absolute atomic E-state index is 13.4. The fraction of sp³-hybridized carbons (Fsp3) is 0.440. The molecule has 0 radical (unpaired) electrons. The highest BCUT2D eigenvalue weighted by molar-refractivity contribution is 7.08. The van der Waals surface area contributed by atoms with Gasteiger partial charge in [-0.05, 0) is 68.2 Å². The summed E-state index contributed by atoms with van der Waals surface area (Å²) in [7, 11) is 0. The van der Waals surface area contributed by atoms with Gasteiger partial charge in [0.15, 0.2) is 0 Å². The van der Waals surface area contributed by atoms with Crippen molar-refractivity contribution in [3.63, 3.8) is 0 Å². The Balaban J connectivity index is 1.53. The Hall–Kier alpha value is -3.20. The minimum Gasteiger partial charge on any atom is -0.341 e. The lowest BCUT2D eigenvalue weighted by atomic mass is 10.1. The molecule has 4 rings (SSSR count). The topological polar surface area (TPSA) is 94.1 Å². The first-order valence-corrected chi connectivity index (χ1v) is 12.8. The highest BCUT2D eigenvalue weighted by Crippen LogP contribution is 2.18. The quantitative estimate of drug-likeness (QED) is 0.506. The van der Waals surface area contributed by atoms with Crippen LogP contribution in [0.1, 0.15) is 48.0 Å². The molecule has 1 atom stereocenters. The first-order valence-electron chi connectivity index (χ1n) is 11.8. The highest BCUT2D eigenvalue weighted by Gasteiger charge is 2.30. The molecule has 1 unspecified atom stereocenters. The van der Waals surface area contributed by atoms with Crippen molar-refractivity contribution in [3.05, 3.63) is 52.2 Å². The van der Waals surface area contributed by atoms with Crippen LogP contribution in [0.25, 0.3) is 0 Å². The Morgan fingerprint density at radius 3 is 2.65 bits per heavy atom. The maximum atomic E-state index is 13.4. The Kier molecular flexibility index (Phi) is 7.95. The Labute approximate surface area is 204 Å². The number of hydrogen-bond donors (Lipinski definition) is 2. The van der Waals surface area contributed by atoms with E-state index in [0.29, 0.717) is 18.5 Å². The van der Waals surface area contributed by atoms with Crippen LogP contribution in [0.3, 0.4) is 0 Å². The van der Waals surface area contributed by atoms with Crippen molar-refractivity contribution in [1.82, 2.24) is 15.1 Å². The lowest BCUT2D eigenvalue weighted by Crippen LogP contribution is -2.45. The zero-order valence-corrected chi connectivity index (χ0v) is 20.3. The van der Waals surface area contributed by atoms with Gasteiger partial charge in [-0.25, -0.2) is 4.99 Å². The normalized spacial score (nSPS) is 19.1. The van der Waals surface area contributed by atoms with Gasteiger partial charge in [-0.2, -0.15) is 11.3 Å². The van der Waals surface area contributed by atoms with Gasteiger partial charge in [0.05, 0.1) is 12.1 Å². The van der Waals surface area contributed by atoms with E-state index in [-0.39, 0.29) is 30.2 Å². The fourth-order valence-corrected chi connectivity index (χ4v) is 4.91. The van der Waals surface area contributed by atoms with Crippen molar-refractivity contribution < 1.29 is 14.4 Å². The number of nitrogens with zero attached hydrogens (tertiary/aromatic N) is 3. The summed E-state index contributed by atoms with van der Waals surface area (Å²) >= 11 is 1.44. The predicted octanol–water partition coefficient (Wildman–Crippen LogP) is 3.26. The van der Waals surface area contributed by atoms with Gasteiger partial charge in [-0.3, -0.25) is 19.7 Å². The molecule has 0 saturated carbocycles. The van der Waals surface area contributed by atoms with E-state index in [4.69, 9.17) is 0 Å². The molecule has 0 spiro atoms. The zero-order chi connectivity index (χ0) is 23.9. The number of benzene rings is 1. The third kappa shape index (κ3) is 6.22. The van der Waals surface area contributed by atoms with Crippen LogP contribution in [0.5, 0.6) is 0 Å². The van der Waals surface area contributed by atoms with Crippen molar-refractivity contribution in [2.45, 2.75) is 45.1 Å². The Bertz CT molecular complexity index is 1050. The summed E-state index contributed by atoms with van der Waals surface area (Å²) in [5, 5.41) is 9.62. The van der Waals surface area contributed by atoms with Crippen LogP contribution in [0.4, 0.5) is 5.69 Å². The van der Waals surface area contributed by atoms with Gasteiger partial charge in [0, 0.05) is 30.7 Å². The number of hydrogen-bond acceptors (Lipinski definition) is 5. The third-order valence-electron chi connectivity index (χ3n) is 6.12. The molecule has 180 valence electrons. The average Bonchev–Trinajstić information content (AvgIpc) is 3.52. The van der Waals surface area contributed by atoms with Gasteiger partial charge in [0.2, 0.25) is 17.8 Å². The van der Waals surface area contributed by atoms with E-state index >= 15 is 0 Å². The largest absolute Gasteiger partial charge is 0.341 e. The first kappa shape index (κ1) is 23.9. The summed E-state index contributed by atoms with van der Waals surface area (Å²) in [5.41, 5.74) is 2.37. The number of carbonyl (C=O) groups excluding carboxylic acids is 3. The van der Waals surface area contributed by atoms with Crippen LogP contribution in [0.15, 0.2) is 46.1 Å². The van der Waals surface area contributed by atoms with Crippen LogP contribution < -0.4 is 10.6 Å². The van der Waals surface area contributed by atoms with Crippen molar-refractivity contribution in [2.24, 2.45) is 4.99 Å². The monoisotopic (exact) mass is 481 g/mol. The number of aryl methyl sites for hydroxylation is 1. The summed E-state index contributed by atoms with van der Waals surface area (Å²) in [5.74, 6) is -0.229. The van der Waals surface area contributed by atoms with Crippen molar-refractivity contribution >= 4 is 40.7 Å². The Morgan fingerprint density at radius 1 is 1.12 bits per heavy atom. The summed E-state index contributed by atoms with van der Waals surface area (Å²) in [6.07, 6.45) is 4.26. The molecular formula is C25H31N5O3S. The molecule has 2 fully saturated rings. The standard InChI is InChI=1S/C25H31N5O3S/c1-18-7-6-8-20(15-18)26-25(28-23(32)19-10-14-34-17-19)27-21-9-2-3-13-30(24(21)33)16-22(31)29-11-4-5-12-29/h6-8,10,14-15,17,21H,2-5,9,11-13,16H2,1H3,(H2,26,27,28,32). The summed E-state index contributed by atoms with van der Waals surface area (Å²) < 4.78 is 0. The molecule has 1 aromatic heterocycles. The lowest BCUT2D eigenvalue weighted by Gasteiger charge is -2.25. The molecular weight excluding hydrogens is 450 g/mol. The van der Waals surface area contributed by atoms with Crippen LogP contribution in [0.2, 0.25) is 0 Å². The molecule has 2 aromatic rings. The minimum atomic E-state index is -0.663. The number of guanidine groups is 1. The van der Waals surface area contributed by atoms with Gasteiger partial charge in [0.25, 0.3) is 5.91 Å². The van der Waals surface area contributed by atoms with Crippen LogP contribution >= 0.6 is 11.3 Å². The molecule has 2 N–H and O–H groups in total. The molecule has 0 aliphatic carbocycles. The number of anilines is 1. The van der Waals surface area contributed by atoms with Crippen molar-refractivity contribution in [3.8, 4) is 0 Å². The van der Waals surface area contributed by atoms with E-state index in [1.165, 1.54) is 11.3 Å². The smallest absolute Gasteiger partial charge is 0.258 e. The van der Waals surface area contributed by atoms with Crippen LogP contribution in [0, 0.1) is 6.92 Å². The van der Waals surface area contributed by atoms with E-state index in [9.17, 15) is 14.4 Å². The molecule has 34 heavy (non-hydrogen) atoms. The number of aliphatic imine (C=N–C) groups is 1. The molecule has 0 bridgehead atoms. The van der Waals surface area contributed by atoms with E-state index in [0.717, 1.165) is 50.0 Å². The number of likely N-dealkylation sites (tertiary alicyclic amines) is 2. The minimum absolute atomic E-state index is 0.000602. The van der Waals surface area contributed by atoms with E-state index in [1.54, 1.807) is 16.3 Å². The number of nitrogens with one attached hydrogen (secondary N) is 2. The van der Waals surface area contributed by atoms with E-state index in [2.05, 4.69) is 15.6 Å². The predicted molar refractivity (Wildman–Crippen MR) is 134 cm³/mol. The second-order valence-electron chi connectivity index (χ2n) is 8.80. The summed E-state index contributed by atoms with van der Waals surface area (Å²) in [6.45, 7) is 4.15.